The van der Waals surface area contributed by atoms with Crippen LogP contribution in [-0.2, 0) is 0 Å². The molecule has 4 rings (SSSR count). The zero-order chi connectivity index (χ0) is 15.3. The van der Waals surface area contributed by atoms with E-state index in [9.17, 15) is 4.79 Å². The molecule has 3 nitrogen and oxygen atoms in total. The van der Waals surface area contributed by atoms with Gasteiger partial charge in [-0.15, -0.1) is 12.6 Å². The van der Waals surface area contributed by atoms with Crippen LogP contribution in [0.1, 0.15) is 15.9 Å². The maximum Gasteiger partial charge on any atom is 0.218 e. The number of aromatic nitrogens is 2. The summed E-state index contributed by atoms with van der Waals surface area (Å²) >= 11 is 3.94. The third-order valence-electron chi connectivity index (χ3n) is 3.94. The van der Waals surface area contributed by atoms with E-state index in [0.29, 0.717) is 16.6 Å². The maximum absolute atomic E-state index is 11.7. The lowest BCUT2D eigenvalue weighted by Crippen LogP contribution is -1.96. The van der Waals surface area contributed by atoms with Gasteiger partial charge in [0.1, 0.15) is 5.52 Å². The average molecular weight is 304 g/mol. The standard InChI is InChI=1S/C18H12N2OS/c1-10-4-2-5-12-11(10)8-9-15-16(12)20-17-13(18(21)22)6-3-7-14(17)19-15/h2-9H,1H3,(H,21,22). The Hall–Kier alpha value is -2.46. The van der Waals surface area contributed by atoms with Crippen LogP contribution < -0.4 is 0 Å². The van der Waals surface area contributed by atoms with Gasteiger partial charge in [-0.2, -0.15) is 0 Å². The molecule has 1 heterocycles. The highest BCUT2D eigenvalue weighted by Crippen LogP contribution is 2.28. The lowest BCUT2D eigenvalue weighted by atomic mass is 10.0. The molecule has 0 fully saturated rings. The van der Waals surface area contributed by atoms with E-state index in [0.717, 1.165) is 21.8 Å². The van der Waals surface area contributed by atoms with Gasteiger partial charge in [-0.1, -0.05) is 30.3 Å². The molecule has 0 bridgehead atoms. The smallest absolute Gasteiger partial charge is 0.218 e. The molecule has 0 spiro atoms. The van der Waals surface area contributed by atoms with E-state index in [-0.39, 0.29) is 5.12 Å². The van der Waals surface area contributed by atoms with Crippen LogP contribution in [0.25, 0.3) is 32.8 Å². The van der Waals surface area contributed by atoms with Crippen molar-refractivity contribution >= 4 is 50.6 Å². The summed E-state index contributed by atoms with van der Waals surface area (Å²) in [6, 6.07) is 15.6. The summed E-state index contributed by atoms with van der Waals surface area (Å²) in [6.07, 6.45) is 0. The fraction of sp³-hybridized carbons (Fsp3) is 0.0556. The summed E-state index contributed by atoms with van der Waals surface area (Å²) in [4.78, 5) is 21.1. The monoisotopic (exact) mass is 304 g/mol. The molecule has 0 N–H and O–H groups in total. The van der Waals surface area contributed by atoms with Crippen molar-refractivity contribution in [3.05, 3.63) is 59.7 Å². The number of nitrogens with zero attached hydrogens (tertiary/aromatic N) is 2. The molecular formula is C18H12N2OS. The van der Waals surface area contributed by atoms with Crippen LogP contribution in [0.5, 0.6) is 0 Å². The number of thiol groups is 1. The number of para-hydroxylation sites is 1. The van der Waals surface area contributed by atoms with Gasteiger partial charge in [-0.05, 0) is 36.1 Å². The highest BCUT2D eigenvalue weighted by atomic mass is 32.1. The molecule has 0 unspecified atom stereocenters. The molecule has 22 heavy (non-hydrogen) atoms. The minimum absolute atomic E-state index is 0.296. The van der Waals surface area contributed by atoms with Crippen LogP contribution in [0.3, 0.4) is 0 Å². The van der Waals surface area contributed by atoms with Gasteiger partial charge in [0, 0.05) is 5.39 Å². The maximum atomic E-state index is 11.7. The minimum Gasteiger partial charge on any atom is -0.282 e. The lowest BCUT2D eigenvalue weighted by molar-refractivity contribution is 0.109. The van der Waals surface area contributed by atoms with Gasteiger partial charge in [-0.25, -0.2) is 9.97 Å². The van der Waals surface area contributed by atoms with E-state index in [2.05, 4.69) is 36.7 Å². The Kier molecular flexibility index (Phi) is 2.87. The molecule has 3 aromatic carbocycles. The van der Waals surface area contributed by atoms with Gasteiger partial charge < -0.3 is 0 Å². The molecule has 0 aliphatic carbocycles. The minimum atomic E-state index is -0.296. The van der Waals surface area contributed by atoms with Crippen LogP contribution in [0.15, 0.2) is 48.5 Å². The number of fused-ring (bicyclic) bond motifs is 4. The molecule has 0 aliphatic rings. The van der Waals surface area contributed by atoms with Gasteiger partial charge in [-0.3, -0.25) is 4.79 Å². The third kappa shape index (κ3) is 1.88. The van der Waals surface area contributed by atoms with Crippen molar-refractivity contribution in [1.82, 2.24) is 9.97 Å². The van der Waals surface area contributed by atoms with Crippen LogP contribution in [0, 0.1) is 6.92 Å². The van der Waals surface area contributed by atoms with Gasteiger partial charge in [0.15, 0.2) is 0 Å². The van der Waals surface area contributed by atoms with E-state index >= 15 is 0 Å². The Morgan fingerprint density at radius 3 is 2.45 bits per heavy atom. The number of aryl methyl sites for hydroxylation is 1. The third-order valence-corrected chi connectivity index (χ3v) is 4.18. The van der Waals surface area contributed by atoms with E-state index < -0.39 is 0 Å². The normalized spacial score (nSPS) is 11.4. The lowest BCUT2D eigenvalue weighted by Gasteiger charge is -2.08. The zero-order valence-corrected chi connectivity index (χ0v) is 12.8. The fourth-order valence-electron chi connectivity index (χ4n) is 2.85. The number of rotatable bonds is 1. The number of benzene rings is 3. The van der Waals surface area contributed by atoms with Crippen molar-refractivity contribution in [3.63, 3.8) is 0 Å². The van der Waals surface area contributed by atoms with Crippen molar-refractivity contribution in [3.8, 4) is 0 Å². The summed E-state index contributed by atoms with van der Waals surface area (Å²) in [5, 5.41) is 1.90. The highest BCUT2D eigenvalue weighted by Gasteiger charge is 2.12. The van der Waals surface area contributed by atoms with Crippen molar-refractivity contribution in [2.75, 3.05) is 0 Å². The Balaban J connectivity index is 2.23. The first-order chi connectivity index (χ1) is 10.6. The quantitative estimate of drug-likeness (QED) is 0.323. The fourth-order valence-corrected chi connectivity index (χ4v) is 3.03. The summed E-state index contributed by atoms with van der Waals surface area (Å²) < 4.78 is 0. The Morgan fingerprint density at radius 2 is 1.64 bits per heavy atom. The molecule has 4 heteroatoms. The predicted molar refractivity (Wildman–Crippen MR) is 92.6 cm³/mol. The summed E-state index contributed by atoms with van der Waals surface area (Å²) in [7, 11) is 0. The Bertz CT molecular complexity index is 1070. The molecule has 0 amide bonds. The van der Waals surface area contributed by atoms with Crippen molar-refractivity contribution < 1.29 is 4.79 Å². The zero-order valence-electron chi connectivity index (χ0n) is 11.9. The van der Waals surface area contributed by atoms with Gasteiger partial charge >= 0.3 is 0 Å². The molecule has 1 aromatic heterocycles. The van der Waals surface area contributed by atoms with Crippen molar-refractivity contribution in [1.29, 1.82) is 0 Å². The van der Waals surface area contributed by atoms with Gasteiger partial charge in [0.2, 0.25) is 5.12 Å². The van der Waals surface area contributed by atoms with Gasteiger partial charge in [0.05, 0.1) is 22.1 Å². The van der Waals surface area contributed by atoms with Gasteiger partial charge in [0.25, 0.3) is 0 Å². The first-order valence-electron chi connectivity index (χ1n) is 6.97. The molecule has 0 aliphatic heterocycles. The number of carbonyl (C=O) groups is 1. The largest absolute Gasteiger partial charge is 0.282 e. The first-order valence-corrected chi connectivity index (χ1v) is 7.42. The molecule has 4 aromatic rings. The number of hydrogen-bond acceptors (Lipinski definition) is 3. The Morgan fingerprint density at radius 1 is 0.864 bits per heavy atom. The summed E-state index contributed by atoms with van der Waals surface area (Å²) in [5.41, 5.74) is 4.63. The summed E-state index contributed by atoms with van der Waals surface area (Å²) in [5.74, 6) is 0. The van der Waals surface area contributed by atoms with E-state index in [1.54, 1.807) is 12.1 Å². The van der Waals surface area contributed by atoms with Crippen LogP contribution >= 0.6 is 12.6 Å². The molecule has 0 saturated carbocycles. The van der Waals surface area contributed by atoms with Crippen molar-refractivity contribution in [2.24, 2.45) is 0 Å². The topological polar surface area (TPSA) is 42.9 Å². The van der Waals surface area contributed by atoms with Crippen LogP contribution in [0.4, 0.5) is 0 Å². The predicted octanol–water partition coefficient (Wildman–Crippen LogP) is 4.31. The van der Waals surface area contributed by atoms with E-state index in [1.165, 1.54) is 5.56 Å². The van der Waals surface area contributed by atoms with E-state index in [4.69, 9.17) is 4.98 Å². The van der Waals surface area contributed by atoms with Crippen molar-refractivity contribution in [2.45, 2.75) is 6.92 Å². The van der Waals surface area contributed by atoms with Crippen LogP contribution in [-0.4, -0.2) is 15.1 Å². The molecule has 106 valence electrons. The molecular weight excluding hydrogens is 292 g/mol. The molecule has 0 radical (unpaired) electrons. The number of carbonyl (C=O) groups excluding carboxylic acids is 1. The second kappa shape index (κ2) is 4.78. The molecule has 0 saturated heterocycles. The second-order valence-corrected chi connectivity index (χ2v) is 5.71. The second-order valence-electron chi connectivity index (χ2n) is 5.31. The average Bonchev–Trinajstić information content (AvgIpc) is 2.52. The highest BCUT2D eigenvalue weighted by molar-refractivity contribution is 7.97. The first kappa shape index (κ1) is 13.2. The van der Waals surface area contributed by atoms with Crippen LogP contribution in [0.2, 0.25) is 0 Å². The summed E-state index contributed by atoms with van der Waals surface area (Å²) in [6.45, 7) is 2.07. The SMILES string of the molecule is Cc1cccc2c1ccc1nc3cccc(C(=O)S)c3nc12. The molecule has 0 atom stereocenters. The Labute approximate surface area is 132 Å². The van der Waals surface area contributed by atoms with E-state index in [1.807, 2.05) is 24.3 Å². The number of hydrogen-bond donors (Lipinski definition) is 1.